The van der Waals surface area contributed by atoms with Crippen LogP contribution >= 0.6 is 0 Å². The second kappa shape index (κ2) is 5.94. The molecule has 25 heavy (non-hydrogen) atoms. The second-order valence-electron chi connectivity index (χ2n) is 5.62. The van der Waals surface area contributed by atoms with E-state index in [1.54, 1.807) is 37.3 Å². The van der Waals surface area contributed by atoms with E-state index in [-0.39, 0.29) is 11.3 Å². The van der Waals surface area contributed by atoms with E-state index in [1.165, 1.54) is 18.2 Å². The quantitative estimate of drug-likeness (QED) is 0.591. The number of hydrogen-bond donors (Lipinski definition) is 2. The third kappa shape index (κ3) is 2.91. The summed E-state index contributed by atoms with van der Waals surface area (Å²) in [6.45, 7) is 1.78. The maximum atomic E-state index is 14.3. The number of fused-ring (bicyclic) bond motifs is 1. The zero-order valence-corrected chi connectivity index (χ0v) is 13.2. The van der Waals surface area contributed by atoms with Gasteiger partial charge in [0.1, 0.15) is 17.2 Å². The van der Waals surface area contributed by atoms with Crippen molar-refractivity contribution in [1.29, 1.82) is 0 Å². The summed E-state index contributed by atoms with van der Waals surface area (Å²) in [5.74, 6) is 0.331. The molecule has 0 aliphatic rings. The first-order valence-corrected chi connectivity index (χ1v) is 7.61. The van der Waals surface area contributed by atoms with Crippen LogP contribution in [0.2, 0.25) is 0 Å². The topological polar surface area (TPSA) is 70.2 Å². The van der Waals surface area contributed by atoms with Gasteiger partial charge in [0.05, 0.1) is 5.69 Å². The molecule has 2 heterocycles. The summed E-state index contributed by atoms with van der Waals surface area (Å²) < 4.78 is 27.3. The highest BCUT2D eigenvalue weighted by atomic mass is 19.1. The number of nitrogens with zero attached hydrogens (tertiary/aromatic N) is 3. The van der Waals surface area contributed by atoms with Crippen LogP contribution in [0, 0.1) is 18.6 Å². The fraction of sp³-hybridized carbons (Fsp3) is 0.0556. The largest absolute Gasteiger partial charge is 0.277 e. The maximum Gasteiger partial charge on any atom is 0.181 e. The zero-order valence-electron chi connectivity index (χ0n) is 13.2. The van der Waals surface area contributed by atoms with Crippen molar-refractivity contribution < 1.29 is 8.78 Å². The molecule has 2 aromatic heterocycles. The average Bonchev–Trinajstić information content (AvgIpc) is 3.21. The molecule has 0 saturated heterocycles. The molecule has 0 radical (unpaired) electrons. The van der Waals surface area contributed by atoms with Gasteiger partial charge in [0.2, 0.25) is 0 Å². The molecule has 4 rings (SSSR count). The van der Waals surface area contributed by atoms with E-state index in [0.717, 1.165) is 5.56 Å². The lowest BCUT2D eigenvalue weighted by atomic mass is 10.1. The first kappa shape index (κ1) is 15.2. The van der Waals surface area contributed by atoms with Crippen molar-refractivity contribution in [2.24, 2.45) is 0 Å². The molecule has 0 saturated carbocycles. The molecule has 0 spiro atoms. The summed E-state index contributed by atoms with van der Waals surface area (Å²) in [7, 11) is 0. The highest BCUT2D eigenvalue weighted by molar-refractivity contribution is 5.92. The number of benzene rings is 2. The van der Waals surface area contributed by atoms with Gasteiger partial charge in [-0.1, -0.05) is 18.2 Å². The second-order valence-corrected chi connectivity index (χ2v) is 5.62. The van der Waals surface area contributed by atoms with Gasteiger partial charge in [-0.15, -0.1) is 0 Å². The molecule has 4 aromatic rings. The zero-order chi connectivity index (χ0) is 17.4. The summed E-state index contributed by atoms with van der Waals surface area (Å²) >= 11 is 0. The molecule has 0 bridgehead atoms. The van der Waals surface area contributed by atoms with Crippen LogP contribution in [0.25, 0.3) is 34.4 Å². The van der Waals surface area contributed by atoms with Crippen LogP contribution < -0.4 is 0 Å². The number of nitrogens with one attached hydrogen (secondary N) is 2. The Morgan fingerprint density at radius 1 is 0.960 bits per heavy atom. The van der Waals surface area contributed by atoms with Crippen molar-refractivity contribution >= 4 is 23.1 Å². The molecule has 0 aliphatic carbocycles. The molecule has 5 nitrogen and oxygen atoms in total. The lowest BCUT2D eigenvalue weighted by Gasteiger charge is -1.98. The van der Waals surface area contributed by atoms with Crippen LogP contribution in [0.1, 0.15) is 17.1 Å². The number of H-pyrrole nitrogens is 2. The molecule has 0 aliphatic heterocycles. The number of aryl methyl sites for hydroxylation is 1. The van der Waals surface area contributed by atoms with Crippen molar-refractivity contribution in [3.8, 4) is 11.4 Å². The van der Waals surface area contributed by atoms with Crippen molar-refractivity contribution in [2.45, 2.75) is 6.92 Å². The summed E-state index contributed by atoms with van der Waals surface area (Å²) in [5, 5.41) is 14.3. The van der Waals surface area contributed by atoms with Gasteiger partial charge < -0.3 is 0 Å². The monoisotopic (exact) mass is 337 g/mol. The van der Waals surface area contributed by atoms with Gasteiger partial charge in [0, 0.05) is 10.9 Å². The van der Waals surface area contributed by atoms with Gasteiger partial charge in [0.15, 0.2) is 11.6 Å². The van der Waals surface area contributed by atoms with Gasteiger partial charge in [-0.05, 0) is 42.8 Å². The van der Waals surface area contributed by atoms with Gasteiger partial charge in [-0.2, -0.15) is 10.2 Å². The summed E-state index contributed by atoms with van der Waals surface area (Å²) in [4.78, 5) is 4.23. The minimum absolute atomic E-state index is 0.245. The molecule has 0 unspecified atom stereocenters. The van der Waals surface area contributed by atoms with Crippen LogP contribution in [0.3, 0.4) is 0 Å². The van der Waals surface area contributed by atoms with Crippen LogP contribution in [-0.2, 0) is 0 Å². The summed E-state index contributed by atoms with van der Waals surface area (Å²) in [5.41, 5.74) is 2.28. The van der Waals surface area contributed by atoms with E-state index in [4.69, 9.17) is 0 Å². The van der Waals surface area contributed by atoms with E-state index in [2.05, 4.69) is 25.4 Å². The molecule has 7 heteroatoms. The van der Waals surface area contributed by atoms with Gasteiger partial charge in [0.25, 0.3) is 0 Å². The van der Waals surface area contributed by atoms with E-state index in [1.807, 2.05) is 0 Å². The third-order valence-electron chi connectivity index (χ3n) is 3.81. The van der Waals surface area contributed by atoms with Crippen LogP contribution in [0.4, 0.5) is 8.78 Å². The van der Waals surface area contributed by atoms with Crippen molar-refractivity contribution in [1.82, 2.24) is 25.4 Å². The highest BCUT2D eigenvalue weighted by Gasteiger charge is 2.13. The van der Waals surface area contributed by atoms with Crippen molar-refractivity contribution in [3.63, 3.8) is 0 Å². The predicted octanol–water partition coefficient (Wildman–Crippen LogP) is 4.11. The van der Waals surface area contributed by atoms with E-state index in [9.17, 15) is 8.78 Å². The molecule has 2 aromatic carbocycles. The maximum absolute atomic E-state index is 14.3. The van der Waals surface area contributed by atoms with Crippen LogP contribution in [0.5, 0.6) is 0 Å². The van der Waals surface area contributed by atoms with E-state index < -0.39 is 5.82 Å². The number of halogens is 2. The predicted molar refractivity (Wildman–Crippen MR) is 91.5 cm³/mol. The molecule has 2 N–H and O–H groups in total. The fourth-order valence-corrected chi connectivity index (χ4v) is 2.58. The number of rotatable bonds is 3. The van der Waals surface area contributed by atoms with Gasteiger partial charge >= 0.3 is 0 Å². The Hall–Kier alpha value is -3.35. The Bertz CT molecular complexity index is 1080. The number of aromatic amines is 2. The number of aromatic nitrogens is 5. The Morgan fingerprint density at radius 3 is 2.48 bits per heavy atom. The molecule has 0 amide bonds. The molecular formula is C18H13F2N5. The minimum atomic E-state index is -0.451. The standard InChI is InChI=1S/C18H13F2N5/c1-10-21-18(25-22-10)12-8-14-16(23-24-17(14)15(20)9-12)7-4-11-2-5-13(19)6-3-11/h2-9H,1H3,(H,23,24)(H,21,22,25)/b7-4+. The van der Waals surface area contributed by atoms with Gasteiger partial charge in [-0.25, -0.2) is 13.8 Å². The first-order chi connectivity index (χ1) is 12.1. The van der Waals surface area contributed by atoms with Crippen molar-refractivity contribution in [3.05, 3.63) is 65.1 Å². The minimum Gasteiger partial charge on any atom is -0.277 e. The SMILES string of the molecule is Cc1nc(-c2cc(F)c3n[nH]c(/C=C/c4ccc(F)cc4)c3c2)n[nH]1. The lowest BCUT2D eigenvalue weighted by Crippen LogP contribution is -1.85. The Labute approximate surface area is 141 Å². The van der Waals surface area contributed by atoms with E-state index in [0.29, 0.717) is 28.3 Å². The molecule has 124 valence electrons. The third-order valence-corrected chi connectivity index (χ3v) is 3.81. The average molecular weight is 337 g/mol. The normalized spacial score (nSPS) is 11.6. The van der Waals surface area contributed by atoms with Gasteiger partial charge in [-0.3, -0.25) is 10.2 Å². The fourth-order valence-electron chi connectivity index (χ4n) is 2.58. The Balaban J connectivity index is 1.77. The Kier molecular flexibility index (Phi) is 3.61. The summed E-state index contributed by atoms with van der Waals surface area (Å²) in [6, 6.07) is 9.23. The first-order valence-electron chi connectivity index (χ1n) is 7.61. The van der Waals surface area contributed by atoms with Crippen molar-refractivity contribution in [2.75, 3.05) is 0 Å². The smallest absolute Gasteiger partial charge is 0.181 e. The van der Waals surface area contributed by atoms with Crippen LogP contribution in [0.15, 0.2) is 36.4 Å². The summed E-state index contributed by atoms with van der Waals surface area (Å²) in [6.07, 6.45) is 3.57. The highest BCUT2D eigenvalue weighted by Crippen LogP contribution is 2.27. The number of hydrogen-bond acceptors (Lipinski definition) is 3. The van der Waals surface area contributed by atoms with E-state index >= 15 is 0 Å². The lowest BCUT2D eigenvalue weighted by molar-refractivity contribution is 0.627. The molecule has 0 atom stereocenters. The molecular weight excluding hydrogens is 324 g/mol. The van der Waals surface area contributed by atoms with Crippen LogP contribution in [-0.4, -0.2) is 25.4 Å². The Morgan fingerprint density at radius 2 is 1.76 bits per heavy atom. The molecule has 0 fully saturated rings.